The van der Waals surface area contributed by atoms with Crippen molar-refractivity contribution >= 4 is 23.5 Å². The van der Waals surface area contributed by atoms with Crippen LogP contribution in [0.25, 0.3) is 0 Å². The van der Waals surface area contributed by atoms with Crippen LogP contribution in [0.1, 0.15) is 50.6 Å². The number of benzene rings is 1. The molecule has 4 aliphatic rings. The molecule has 4 aliphatic carbocycles. The van der Waals surface area contributed by atoms with Crippen LogP contribution in [-0.4, -0.2) is 18.5 Å². The molecule has 1 aromatic carbocycles. The Morgan fingerprint density at radius 3 is 2.23 bits per heavy atom. The molecule has 1 amide bonds. The molecule has 0 saturated heterocycles. The van der Waals surface area contributed by atoms with Crippen LogP contribution < -0.4 is 5.32 Å². The molecule has 4 bridgehead atoms. The van der Waals surface area contributed by atoms with Crippen molar-refractivity contribution in [1.82, 2.24) is 5.32 Å². The lowest BCUT2D eigenvalue weighted by Gasteiger charge is -2.53. The smallest absolute Gasteiger partial charge is 0.310 e. The summed E-state index contributed by atoms with van der Waals surface area (Å²) < 4.78 is 5.41. The third-order valence-corrected chi connectivity index (χ3v) is 6.84. The van der Waals surface area contributed by atoms with E-state index in [0.717, 1.165) is 17.4 Å². The number of hydrogen-bond donors (Lipinski definition) is 1. The first-order valence-electron chi connectivity index (χ1n) is 9.71. The van der Waals surface area contributed by atoms with Crippen LogP contribution in [-0.2, 0) is 14.3 Å². The molecule has 0 spiro atoms. The zero-order valence-corrected chi connectivity index (χ0v) is 15.9. The third-order valence-electron chi connectivity index (χ3n) is 6.59. The molecular formula is C21H26ClNO3. The first kappa shape index (κ1) is 17.8. The minimum atomic E-state index is -0.260. The minimum Gasteiger partial charge on any atom is -0.455 e. The number of carbonyl (C=O) groups is 2. The van der Waals surface area contributed by atoms with Gasteiger partial charge in [-0.3, -0.25) is 9.59 Å². The highest BCUT2D eigenvalue weighted by molar-refractivity contribution is 6.30. The van der Waals surface area contributed by atoms with Gasteiger partial charge in [0.1, 0.15) is 0 Å². The van der Waals surface area contributed by atoms with Gasteiger partial charge < -0.3 is 10.1 Å². The van der Waals surface area contributed by atoms with Crippen molar-refractivity contribution in [3.05, 3.63) is 34.9 Å². The molecule has 4 saturated carbocycles. The Morgan fingerprint density at radius 1 is 1.08 bits per heavy atom. The Hall–Kier alpha value is -1.55. The van der Waals surface area contributed by atoms with Gasteiger partial charge in [-0.05, 0) is 80.4 Å². The molecule has 140 valence electrons. The van der Waals surface area contributed by atoms with Crippen LogP contribution in [0.2, 0.25) is 5.02 Å². The standard InChI is InChI=1S/C21H26ClNO3/c1-12(15-2-4-18(22)5-3-15)23-19(24)11-26-21(25)20-16-7-13-6-14(9-16)10-17(20)8-13/h2-5,12-14,16-17,20H,6-11H2,1H3,(H,23,24)/t12-,13?,14?,16?,17?,20?/m0/s1. The molecule has 0 aliphatic heterocycles. The molecule has 4 nitrogen and oxygen atoms in total. The summed E-state index contributed by atoms with van der Waals surface area (Å²) in [7, 11) is 0. The van der Waals surface area contributed by atoms with Crippen LogP contribution in [0.15, 0.2) is 24.3 Å². The molecule has 0 radical (unpaired) electrons. The lowest BCUT2D eigenvalue weighted by molar-refractivity contribution is -0.164. The Bertz CT molecular complexity index is 659. The van der Waals surface area contributed by atoms with E-state index >= 15 is 0 Å². The van der Waals surface area contributed by atoms with Gasteiger partial charge in [-0.2, -0.15) is 0 Å². The molecule has 4 fully saturated rings. The molecule has 5 rings (SSSR count). The number of ether oxygens (including phenoxy) is 1. The number of rotatable bonds is 5. The number of esters is 1. The third kappa shape index (κ3) is 3.62. The van der Waals surface area contributed by atoms with E-state index in [0.29, 0.717) is 16.9 Å². The lowest BCUT2D eigenvalue weighted by Crippen LogP contribution is -2.48. The van der Waals surface area contributed by atoms with Crippen LogP contribution >= 0.6 is 11.6 Å². The van der Waals surface area contributed by atoms with Gasteiger partial charge in [0.25, 0.3) is 5.91 Å². The highest BCUT2D eigenvalue weighted by atomic mass is 35.5. The van der Waals surface area contributed by atoms with Gasteiger partial charge in [0, 0.05) is 5.02 Å². The van der Waals surface area contributed by atoms with E-state index in [1.807, 2.05) is 19.1 Å². The highest BCUT2D eigenvalue weighted by Gasteiger charge is 2.51. The fourth-order valence-corrected chi connectivity index (χ4v) is 5.79. The van der Waals surface area contributed by atoms with Crippen LogP contribution in [0, 0.1) is 29.6 Å². The Kier molecular flexibility index (Phi) is 4.96. The summed E-state index contributed by atoms with van der Waals surface area (Å²) in [6, 6.07) is 7.21. The van der Waals surface area contributed by atoms with Gasteiger partial charge in [-0.25, -0.2) is 0 Å². The Morgan fingerprint density at radius 2 is 1.65 bits per heavy atom. The van der Waals surface area contributed by atoms with Crippen molar-refractivity contribution in [2.75, 3.05) is 6.61 Å². The second kappa shape index (κ2) is 7.22. The van der Waals surface area contributed by atoms with Gasteiger partial charge in [-0.1, -0.05) is 23.7 Å². The number of amides is 1. The monoisotopic (exact) mass is 375 g/mol. The number of hydrogen-bond acceptors (Lipinski definition) is 3. The molecule has 0 heterocycles. The average molecular weight is 376 g/mol. The van der Waals surface area contributed by atoms with Crippen molar-refractivity contribution in [3.8, 4) is 0 Å². The van der Waals surface area contributed by atoms with Gasteiger partial charge in [-0.15, -0.1) is 0 Å². The summed E-state index contributed by atoms with van der Waals surface area (Å²) in [6.45, 7) is 1.71. The molecule has 0 unspecified atom stereocenters. The van der Waals surface area contributed by atoms with Crippen molar-refractivity contribution < 1.29 is 14.3 Å². The summed E-state index contributed by atoms with van der Waals surface area (Å²) in [5, 5.41) is 3.54. The van der Waals surface area contributed by atoms with E-state index in [1.165, 1.54) is 32.1 Å². The van der Waals surface area contributed by atoms with E-state index in [-0.39, 0.29) is 30.4 Å². The molecule has 5 heteroatoms. The molecule has 1 atom stereocenters. The summed E-state index contributed by atoms with van der Waals surface area (Å²) in [5.74, 6) is 2.21. The van der Waals surface area contributed by atoms with Gasteiger partial charge in [0.2, 0.25) is 0 Å². The largest absolute Gasteiger partial charge is 0.455 e. The maximum absolute atomic E-state index is 12.6. The van der Waals surface area contributed by atoms with Crippen LogP contribution in [0.5, 0.6) is 0 Å². The van der Waals surface area contributed by atoms with Gasteiger partial charge in [0.15, 0.2) is 6.61 Å². The van der Waals surface area contributed by atoms with E-state index in [2.05, 4.69) is 5.32 Å². The lowest BCUT2D eigenvalue weighted by atomic mass is 9.52. The van der Waals surface area contributed by atoms with Crippen molar-refractivity contribution in [2.45, 2.75) is 45.1 Å². The number of carbonyl (C=O) groups excluding carboxylic acids is 2. The predicted octanol–water partition coefficient (Wildman–Crippen LogP) is 4.13. The molecular weight excluding hydrogens is 350 g/mol. The van der Waals surface area contributed by atoms with Crippen LogP contribution in [0.4, 0.5) is 0 Å². The SMILES string of the molecule is C[C@H](NC(=O)COC(=O)C1C2CC3CC(C2)CC1C3)c1ccc(Cl)cc1. The van der Waals surface area contributed by atoms with Crippen molar-refractivity contribution in [3.63, 3.8) is 0 Å². The van der Waals surface area contributed by atoms with Crippen molar-refractivity contribution in [2.24, 2.45) is 29.6 Å². The summed E-state index contributed by atoms with van der Waals surface area (Å²) in [5.41, 5.74) is 0.968. The second-order valence-corrected chi connectivity index (χ2v) is 8.84. The van der Waals surface area contributed by atoms with Gasteiger partial charge >= 0.3 is 5.97 Å². The Balaban J connectivity index is 1.28. The predicted molar refractivity (Wildman–Crippen MR) is 99.5 cm³/mol. The van der Waals surface area contributed by atoms with Crippen LogP contribution in [0.3, 0.4) is 0 Å². The topological polar surface area (TPSA) is 55.4 Å². The summed E-state index contributed by atoms with van der Waals surface area (Å²) in [6.07, 6.45) is 6.05. The molecule has 1 aromatic rings. The second-order valence-electron chi connectivity index (χ2n) is 8.40. The van der Waals surface area contributed by atoms with E-state index in [4.69, 9.17) is 16.3 Å². The van der Waals surface area contributed by atoms with Crippen molar-refractivity contribution in [1.29, 1.82) is 0 Å². The minimum absolute atomic E-state index is 0.0179. The number of halogens is 1. The fraction of sp³-hybridized carbons (Fsp3) is 0.619. The number of nitrogens with one attached hydrogen (secondary N) is 1. The average Bonchev–Trinajstić information content (AvgIpc) is 2.59. The molecule has 26 heavy (non-hydrogen) atoms. The first-order chi connectivity index (χ1) is 12.5. The normalized spacial score (nSPS) is 32.9. The summed E-state index contributed by atoms with van der Waals surface area (Å²) in [4.78, 5) is 24.8. The van der Waals surface area contributed by atoms with Gasteiger partial charge in [0.05, 0.1) is 12.0 Å². The van der Waals surface area contributed by atoms with E-state index in [9.17, 15) is 9.59 Å². The van der Waals surface area contributed by atoms with E-state index < -0.39 is 0 Å². The Labute approximate surface area is 159 Å². The zero-order valence-electron chi connectivity index (χ0n) is 15.1. The maximum atomic E-state index is 12.6. The maximum Gasteiger partial charge on any atom is 0.310 e. The molecule has 0 aromatic heterocycles. The first-order valence-corrected chi connectivity index (χ1v) is 10.1. The fourth-order valence-electron chi connectivity index (χ4n) is 5.66. The summed E-state index contributed by atoms with van der Waals surface area (Å²) >= 11 is 5.89. The quantitative estimate of drug-likeness (QED) is 0.787. The van der Waals surface area contributed by atoms with E-state index in [1.54, 1.807) is 12.1 Å². The zero-order chi connectivity index (χ0) is 18.3. The highest BCUT2D eigenvalue weighted by Crippen LogP contribution is 2.56. The molecule has 1 N–H and O–H groups in total.